The van der Waals surface area contributed by atoms with Crippen LogP contribution in [-0.4, -0.2) is 15.8 Å². The average Bonchev–Trinajstić information content (AvgIpc) is 2.79. The van der Waals surface area contributed by atoms with Crippen LogP contribution in [0.3, 0.4) is 0 Å². The molecule has 1 aliphatic carbocycles. The van der Waals surface area contributed by atoms with Gasteiger partial charge in [0.2, 0.25) is 0 Å². The van der Waals surface area contributed by atoms with E-state index in [1.54, 1.807) is 0 Å². The van der Waals surface area contributed by atoms with Crippen LogP contribution in [0.25, 0.3) is 0 Å². The van der Waals surface area contributed by atoms with Gasteiger partial charge in [-0.3, -0.25) is 4.68 Å². The summed E-state index contributed by atoms with van der Waals surface area (Å²) in [5.74, 6) is 0. The number of nitrogens with one attached hydrogen (secondary N) is 1. The summed E-state index contributed by atoms with van der Waals surface area (Å²) >= 11 is 0. The molecule has 1 heterocycles. The van der Waals surface area contributed by atoms with Crippen LogP contribution in [-0.2, 0) is 6.54 Å². The molecule has 0 amide bonds. The molecule has 1 aromatic rings. The molecule has 0 bridgehead atoms. The van der Waals surface area contributed by atoms with E-state index in [9.17, 15) is 0 Å². The number of aryl methyl sites for hydroxylation is 1. The number of hydrogen-bond donors (Lipinski definition) is 1. The van der Waals surface area contributed by atoms with E-state index in [-0.39, 0.29) is 0 Å². The van der Waals surface area contributed by atoms with Gasteiger partial charge in [0, 0.05) is 18.8 Å². The van der Waals surface area contributed by atoms with Crippen LogP contribution in [0.2, 0.25) is 0 Å². The summed E-state index contributed by atoms with van der Waals surface area (Å²) in [5.41, 5.74) is 1.19. The zero-order valence-corrected chi connectivity index (χ0v) is 8.87. The lowest BCUT2D eigenvalue weighted by molar-refractivity contribution is 0.603. The summed E-state index contributed by atoms with van der Waals surface area (Å²) < 4.78 is 2.01. The highest BCUT2D eigenvalue weighted by molar-refractivity contribution is 5.39. The summed E-state index contributed by atoms with van der Waals surface area (Å²) in [6, 6.07) is 0.689. The number of nitrogens with zero attached hydrogens (tertiary/aromatic N) is 2. The first-order valence-corrected chi connectivity index (χ1v) is 5.67. The summed E-state index contributed by atoms with van der Waals surface area (Å²) in [6.07, 6.45) is 10.6. The predicted octanol–water partition coefficient (Wildman–Crippen LogP) is 2.65. The minimum atomic E-state index is 0.689. The van der Waals surface area contributed by atoms with Crippen molar-refractivity contribution in [3.8, 4) is 0 Å². The third-order valence-corrected chi connectivity index (χ3v) is 2.81. The maximum Gasteiger partial charge on any atom is 0.0728 e. The summed E-state index contributed by atoms with van der Waals surface area (Å²) in [4.78, 5) is 0. The summed E-state index contributed by atoms with van der Waals surface area (Å²) in [5, 5.41) is 7.84. The second-order valence-corrected chi connectivity index (χ2v) is 4.12. The molecular formula is C11H19N3. The Kier molecular flexibility index (Phi) is 3.07. The van der Waals surface area contributed by atoms with Gasteiger partial charge < -0.3 is 5.32 Å². The van der Waals surface area contributed by atoms with Gasteiger partial charge in [-0.05, 0) is 19.3 Å². The van der Waals surface area contributed by atoms with Gasteiger partial charge in [-0.15, -0.1) is 0 Å². The Hall–Kier alpha value is -0.990. The number of rotatable bonds is 4. The van der Waals surface area contributed by atoms with Crippen LogP contribution in [0.15, 0.2) is 12.4 Å². The van der Waals surface area contributed by atoms with E-state index in [2.05, 4.69) is 23.5 Å². The van der Waals surface area contributed by atoms with Gasteiger partial charge in [-0.2, -0.15) is 5.10 Å². The average molecular weight is 193 g/mol. The van der Waals surface area contributed by atoms with Crippen molar-refractivity contribution in [3.63, 3.8) is 0 Å². The Labute approximate surface area is 85.5 Å². The van der Waals surface area contributed by atoms with E-state index in [1.807, 2.05) is 10.9 Å². The van der Waals surface area contributed by atoms with Gasteiger partial charge in [0.15, 0.2) is 0 Å². The van der Waals surface area contributed by atoms with E-state index >= 15 is 0 Å². The molecule has 0 radical (unpaired) electrons. The van der Waals surface area contributed by atoms with Crippen LogP contribution in [0.1, 0.15) is 39.0 Å². The Morgan fingerprint density at radius 2 is 2.29 bits per heavy atom. The van der Waals surface area contributed by atoms with Crippen LogP contribution < -0.4 is 5.32 Å². The number of aromatic nitrogens is 2. The zero-order valence-electron chi connectivity index (χ0n) is 8.87. The maximum absolute atomic E-state index is 4.30. The van der Waals surface area contributed by atoms with Crippen LogP contribution in [0, 0.1) is 0 Å². The minimum Gasteiger partial charge on any atom is -0.380 e. The lowest BCUT2D eigenvalue weighted by Gasteiger charge is -2.10. The summed E-state index contributed by atoms with van der Waals surface area (Å²) in [6.45, 7) is 3.19. The largest absolute Gasteiger partial charge is 0.380 e. The zero-order chi connectivity index (χ0) is 9.80. The summed E-state index contributed by atoms with van der Waals surface area (Å²) in [7, 11) is 0. The molecule has 1 fully saturated rings. The van der Waals surface area contributed by atoms with E-state index in [1.165, 1.54) is 31.4 Å². The van der Waals surface area contributed by atoms with Gasteiger partial charge in [0.05, 0.1) is 11.9 Å². The Morgan fingerprint density at radius 3 is 3.00 bits per heavy atom. The molecule has 1 N–H and O–H groups in total. The monoisotopic (exact) mass is 193 g/mol. The van der Waals surface area contributed by atoms with E-state index in [4.69, 9.17) is 0 Å². The van der Waals surface area contributed by atoms with Crippen molar-refractivity contribution in [3.05, 3.63) is 12.4 Å². The molecule has 78 valence electrons. The molecule has 3 heteroatoms. The van der Waals surface area contributed by atoms with Crippen molar-refractivity contribution in [2.24, 2.45) is 0 Å². The fraction of sp³-hybridized carbons (Fsp3) is 0.727. The highest BCUT2D eigenvalue weighted by Gasteiger charge is 2.14. The Balaban J connectivity index is 1.88. The maximum atomic E-state index is 4.30. The Bertz CT molecular complexity index is 274. The van der Waals surface area contributed by atoms with Crippen molar-refractivity contribution in [2.45, 2.75) is 51.6 Å². The van der Waals surface area contributed by atoms with Crippen molar-refractivity contribution >= 4 is 5.69 Å². The predicted molar refractivity (Wildman–Crippen MR) is 58.4 cm³/mol. The smallest absolute Gasteiger partial charge is 0.0728 e. The molecule has 3 nitrogen and oxygen atoms in total. The fourth-order valence-corrected chi connectivity index (χ4v) is 2.10. The molecule has 2 rings (SSSR count). The topological polar surface area (TPSA) is 29.9 Å². The molecule has 0 aromatic carbocycles. The second kappa shape index (κ2) is 4.49. The standard InChI is InChI=1S/C11H19N3/c1-2-7-14-9-11(8-12-14)13-10-5-3-4-6-10/h8-10,13H,2-7H2,1H3. The molecule has 1 aliphatic rings. The van der Waals surface area contributed by atoms with Crippen molar-refractivity contribution in [1.29, 1.82) is 0 Å². The lowest BCUT2D eigenvalue weighted by Crippen LogP contribution is -2.13. The number of hydrogen-bond acceptors (Lipinski definition) is 2. The van der Waals surface area contributed by atoms with Gasteiger partial charge in [-0.1, -0.05) is 19.8 Å². The van der Waals surface area contributed by atoms with Crippen LogP contribution in [0.5, 0.6) is 0 Å². The molecule has 1 aromatic heterocycles. The first-order valence-electron chi connectivity index (χ1n) is 5.67. The van der Waals surface area contributed by atoms with Gasteiger partial charge >= 0.3 is 0 Å². The first-order chi connectivity index (χ1) is 6.88. The quantitative estimate of drug-likeness (QED) is 0.796. The number of anilines is 1. The van der Waals surface area contributed by atoms with E-state index < -0.39 is 0 Å². The van der Waals surface area contributed by atoms with Crippen molar-refractivity contribution in [2.75, 3.05) is 5.32 Å². The molecule has 14 heavy (non-hydrogen) atoms. The lowest BCUT2D eigenvalue weighted by atomic mass is 10.2. The second-order valence-electron chi connectivity index (χ2n) is 4.12. The molecule has 0 unspecified atom stereocenters. The third kappa shape index (κ3) is 2.28. The molecule has 0 aliphatic heterocycles. The Morgan fingerprint density at radius 1 is 1.50 bits per heavy atom. The molecule has 1 saturated carbocycles. The molecule has 0 spiro atoms. The van der Waals surface area contributed by atoms with Crippen LogP contribution in [0.4, 0.5) is 5.69 Å². The molecule has 0 saturated heterocycles. The van der Waals surface area contributed by atoms with E-state index in [0.29, 0.717) is 6.04 Å². The van der Waals surface area contributed by atoms with Crippen molar-refractivity contribution in [1.82, 2.24) is 9.78 Å². The van der Waals surface area contributed by atoms with E-state index in [0.717, 1.165) is 13.0 Å². The van der Waals surface area contributed by atoms with Crippen LogP contribution >= 0.6 is 0 Å². The molecular weight excluding hydrogens is 174 g/mol. The highest BCUT2D eigenvalue weighted by atomic mass is 15.3. The third-order valence-electron chi connectivity index (χ3n) is 2.81. The van der Waals surface area contributed by atoms with Gasteiger partial charge in [0.25, 0.3) is 0 Å². The first kappa shape index (κ1) is 9.56. The van der Waals surface area contributed by atoms with Gasteiger partial charge in [0.1, 0.15) is 0 Å². The van der Waals surface area contributed by atoms with Gasteiger partial charge in [-0.25, -0.2) is 0 Å². The molecule has 0 atom stereocenters. The SMILES string of the molecule is CCCn1cc(NC2CCCC2)cn1. The highest BCUT2D eigenvalue weighted by Crippen LogP contribution is 2.21. The normalized spacial score (nSPS) is 17.5. The minimum absolute atomic E-state index is 0.689. The van der Waals surface area contributed by atoms with Crippen molar-refractivity contribution < 1.29 is 0 Å². The fourth-order valence-electron chi connectivity index (χ4n) is 2.10.